The van der Waals surface area contributed by atoms with Crippen LogP contribution in [0.4, 0.5) is 5.69 Å². The Morgan fingerprint density at radius 3 is 1.68 bits per heavy atom. The molecule has 0 aliphatic heterocycles. The molecule has 5 rings (SSSR count). The van der Waals surface area contributed by atoms with Crippen molar-refractivity contribution >= 4 is 45.8 Å². The second-order valence-corrected chi connectivity index (χ2v) is 13.1. The Kier molecular flexibility index (Phi) is 5.92. The lowest BCUT2D eigenvalue weighted by Crippen LogP contribution is -2.28. The van der Waals surface area contributed by atoms with Crippen molar-refractivity contribution in [1.82, 2.24) is 0 Å². The van der Waals surface area contributed by atoms with Crippen molar-refractivity contribution in [3.8, 4) is 11.1 Å². The summed E-state index contributed by atoms with van der Waals surface area (Å²) in [5.74, 6) is 0. The van der Waals surface area contributed by atoms with Gasteiger partial charge in [-0.3, -0.25) is 0 Å². The quantitative estimate of drug-likeness (QED) is 0.245. The molecule has 0 saturated carbocycles. The lowest BCUT2D eigenvalue weighted by Gasteiger charge is -2.35. The second-order valence-electron chi connectivity index (χ2n) is 10.1. The van der Waals surface area contributed by atoms with Crippen LogP contribution in [0.3, 0.4) is 0 Å². The summed E-state index contributed by atoms with van der Waals surface area (Å²) >= 11 is 0. The van der Waals surface area contributed by atoms with Crippen LogP contribution in [0.2, 0.25) is 0 Å². The number of fused-ring (bicyclic) bond motifs is 2. The van der Waals surface area contributed by atoms with Crippen molar-refractivity contribution in [2.75, 3.05) is 19.0 Å². The van der Waals surface area contributed by atoms with Gasteiger partial charge in [-0.2, -0.15) is 0 Å². The third-order valence-corrected chi connectivity index (χ3v) is 9.48. The van der Waals surface area contributed by atoms with Crippen LogP contribution >= 0.6 is 7.92 Å². The van der Waals surface area contributed by atoms with E-state index in [1.807, 2.05) is 0 Å². The van der Waals surface area contributed by atoms with Gasteiger partial charge in [-0.1, -0.05) is 118 Å². The average molecular weight is 462 g/mol. The van der Waals surface area contributed by atoms with Crippen LogP contribution in [-0.2, 0) is 0 Å². The van der Waals surface area contributed by atoms with Crippen molar-refractivity contribution in [2.24, 2.45) is 0 Å². The van der Waals surface area contributed by atoms with Crippen LogP contribution in [0, 0.1) is 0 Å². The standard InChI is InChI=1S/C32H32NP/c1-32(2,3)34(25-15-7-6-8-16-25)29-22-20-24-14-10-12-18-27(24)31(29)30-26-17-11-9-13-23(26)19-21-28(30)33(4)5/h6-22H,1-5H3/t34-/m0/s1. The van der Waals surface area contributed by atoms with Gasteiger partial charge in [0, 0.05) is 30.9 Å². The lowest BCUT2D eigenvalue weighted by atomic mass is 9.92. The van der Waals surface area contributed by atoms with Gasteiger partial charge in [0.1, 0.15) is 0 Å². The molecule has 0 unspecified atom stereocenters. The minimum absolute atomic E-state index is 0.108. The van der Waals surface area contributed by atoms with Crippen molar-refractivity contribution < 1.29 is 0 Å². The molecule has 1 nitrogen and oxygen atoms in total. The van der Waals surface area contributed by atoms with E-state index in [2.05, 4.69) is 143 Å². The molecule has 0 heterocycles. The summed E-state index contributed by atoms with van der Waals surface area (Å²) in [7, 11) is 3.69. The van der Waals surface area contributed by atoms with Gasteiger partial charge < -0.3 is 4.90 Å². The summed E-state index contributed by atoms with van der Waals surface area (Å²) in [6.45, 7) is 7.17. The first-order chi connectivity index (χ1) is 16.4. The third kappa shape index (κ3) is 3.99. The summed E-state index contributed by atoms with van der Waals surface area (Å²) in [5.41, 5.74) is 3.97. The van der Waals surface area contributed by atoms with E-state index in [1.54, 1.807) is 0 Å². The molecule has 0 aromatic heterocycles. The van der Waals surface area contributed by atoms with Crippen molar-refractivity contribution in [3.63, 3.8) is 0 Å². The van der Waals surface area contributed by atoms with Gasteiger partial charge in [0.15, 0.2) is 0 Å². The Labute approximate surface area is 204 Å². The molecule has 1 atom stereocenters. The maximum Gasteiger partial charge on any atom is 0.0447 e. The van der Waals surface area contributed by atoms with Crippen molar-refractivity contribution in [2.45, 2.75) is 25.9 Å². The van der Waals surface area contributed by atoms with Crippen LogP contribution in [0.5, 0.6) is 0 Å². The predicted octanol–water partition coefficient (Wildman–Crippen LogP) is 7.96. The van der Waals surface area contributed by atoms with E-state index in [0.717, 1.165) is 0 Å². The first kappa shape index (κ1) is 22.6. The molecule has 0 aliphatic rings. The largest absolute Gasteiger partial charge is 0.377 e. The van der Waals surface area contributed by atoms with Gasteiger partial charge in [0.05, 0.1) is 0 Å². The van der Waals surface area contributed by atoms with Gasteiger partial charge in [-0.15, -0.1) is 0 Å². The molecule has 0 saturated heterocycles. The first-order valence-corrected chi connectivity index (χ1v) is 13.3. The fourth-order valence-electron chi connectivity index (χ4n) is 5.07. The number of anilines is 1. The van der Waals surface area contributed by atoms with Crippen molar-refractivity contribution in [1.29, 1.82) is 0 Å². The van der Waals surface area contributed by atoms with Crippen molar-refractivity contribution in [3.05, 3.63) is 103 Å². The minimum Gasteiger partial charge on any atom is -0.377 e. The molecule has 0 N–H and O–H groups in total. The number of hydrogen-bond acceptors (Lipinski definition) is 1. The summed E-state index contributed by atoms with van der Waals surface area (Å²) < 4.78 is 0. The Bertz CT molecular complexity index is 1460. The van der Waals surface area contributed by atoms with Crippen LogP contribution in [0.1, 0.15) is 20.8 Å². The molecule has 2 heteroatoms. The number of hydrogen-bond donors (Lipinski definition) is 0. The fourth-order valence-corrected chi connectivity index (χ4v) is 7.99. The van der Waals surface area contributed by atoms with Gasteiger partial charge in [0.2, 0.25) is 0 Å². The van der Waals surface area contributed by atoms with Crippen LogP contribution in [0.25, 0.3) is 32.7 Å². The normalized spacial score (nSPS) is 12.7. The maximum atomic E-state index is 2.41. The molecule has 5 aromatic carbocycles. The van der Waals surface area contributed by atoms with E-state index in [-0.39, 0.29) is 5.16 Å². The smallest absolute Gasteiger partial charge is 0.0447 e. The molecule has 34 heavy (non-hydrogen) atoms. The van der Waals surface area contributed by atoms with Crippen LogP contribution < -0.4 is 15.5 Å². The Morgan fingerprint density at radius 1 is 0.559 bits per heavy atom. The van der Waals surface area contributed by atoms with Gasteiger partial charge in [-0.05, 0) is 51.3 Å². The van der Waals surface area contributed by atoms with E-state index >= 15 is 0 Å². The maximum absolute atomic E-state index is 2.41. The van der Waals surface area contributed by atoms with E-state index in [4.69, 9.17) is 0 Å². The summed E-state index contributed by atoms with van der Waals surface area (Å²) in [6, 6.07) is 38.0. The predicted molar refractivity (Wildman–Crippen MR) is 154 cm³/mol. The highest BCUT2D eigenvalue weighted by atomic mass is 31.1. The molecule has 0 amide bonds. The molecule has 5 aromatic rings. The van der Waals surface area contributed by atoms with Gasteiger partial charge >= 0.3 is 0 Å². The second kappa shape index (κ2) is 8.90. The topological polar surface area (TPSA) is 3.24 Å². The summed E-state index contributed by atoms with van der Waals surface area (Å²) in [4.78, 5) is 2.26. The van der Waals surface area contributed by atoms with Crippen LogP contribution in [-0.4, -0.2) is 19.3 Å². The Balaban J connectivity index is 1.97. The zero-order chi connectivity index (χ0) is 23.9. The molecular formula is C32H32NP. The Hall–Kier alpha value is -3.15. The highest BCUT2D eigenvalue weighted by molar-refractivity contribution is 7.74. The molecule has 0 aliphatic carbocycles. The Morgan fingerprint density at radius 2 is 1.09 bits per heavy atom. The molecular weight excluding hydrogens is 429 g/mol. The highest BCUT2D eigenvalue weighted by Crippen LogP contribution is 2.52. The molecule has 0 bridgehead atoms. The number of rotatable bonds is 4. The lowest BCUT2D eigenvalue weighted by molar-refractivity contribution is 0.793. The van der Waals surface area contributed by atoms with E-state index in [1.165, 1.54) is 49.0 Å². The zero-order valence-corrected chi connectivity index (χ0v) is 21.6. The monoisotopic (exact) mass is 461 g/mol. The summed E-state index contributed by atoms with van der Waals surface area (Å²) in [6.07, 6.45) is 0. The number of benzene rings is 5. The van der Waals surface area contributed by atoms with E-state index < -0.39 is 7.92 Å². The molecule has 170 valence electrons. The van der Waals surface area contributed by atoms with E-state index in [9.17, 15) is 0 Å². The minimum atomic E-state index is -0.615. The summed E-state index contributed by atoms with van der Waals surface area (Å²) in [5, 5.41) is 8.18. The zero-order valence-electron chi connectivity index (χ0n) is 20.7. The highest BCUT2D eigenvalue weighted by Gasteiger charge is 2.31. The fraction of sp³-hybridized carbons (Fsp3) is 0.188. The number of nitrogens with zero attached hydrogens (tertiary/aromatic N) is 1. The van der Waals surface area contributed by atoms with E-state index in [0.29, 0.717) is 0 Å². The third-order valence-electron chi connectivity index (χ3n) is 6.47. The molecule has 0 radical (unpaired) electrons. The SMILES string of the molecule is CN(C)c1ccc2ccccc2c1-c1c([P@](c2ccccc2)C(C)(C)C)ccc2ccccc12. The van der Waals surface area contributed by atoms with Gasteiger partial charge in [0.25, 0.3) is 0 Å². The molecule has 0 spiro atoms. The molecule has 0 fully saturated rings. The first-order valence-electron chi connectivity index (χ1n) is 11.9. The average Bonchev–Trinajstić information content (AvgIpc) is 2.83. The van der Waals surface area contributed by atoms with Gasteiger partial charge in [-0.25, -0.2) is 0 Å². The van der Waals surface area contributed by atoms with Crippen LogP contribution in [0.15, 0.2) is 103 Å².